The van der Waals surface area contributed by atoms with Gasteiger partial charge < -0.3 is 10.1 Å². The predicted octanol–water partition coefficient (Wildman–Crippen LogP) is 3.58. The van der Waals surface area contributed by atoms with Crippen LogP contribution in [-0.2, 0) is 16.1 Å². The maximum Gasteiger partial charge on any atom is 0.341 e. The lowest BCUT2D eigenvalue weighted by atomic mass is 10.1. The summed E-state index contributed by atoms with van der Waals surface area (Å²) in [5.74, 6) is -0.462. The van der Waals surface area contributed by atoms with E-state index in [1.165, 1.54) is 11.3 Å². The number of aryl methyl sites for hydroxylation is 1. The van der Waals surface area contributed by atoms with Gasteiger partial charge in [-0.2, -0.15) is 0 Å². The number of aromatic nitrogens is 2. The van der Waals surface area contributed by atoms with Crippen LogP contribution in [0, 0.1) is 19.8 Å². The first kappa shape index (κ1) is 16.4. The number of nitrogens with one attached hydrogen (secondary N) is 1. The van der Waals surface area contributed by atoms with Gasteiger partial charge >= 0.3 is 5.97 Å². The average Bonchev–Trinajstić information content (AvgIpc) is 3.22. The summed E-state index contributed by atoms with van der Waals surface area (Å²) in [6.07, 6.45) is 1.81. The number of hydrogen-bond acceptors (Lipinski definition) is 7. The molecule has 2 aromatic heterocycles. The molecule has 2 aromatic rings. The second kappa shape index (κ2) is 6.54. The fourth-order valence-electron chi connectivity index (χ4n) is 2.01. The molecule has 23 heavy (non-hydrogen) atoms. The molecule has 1 aliphatic carbocycles. The van der Waals surface area contributed by atoms with Crippen molar-refractivity contribution in [1.82, 2.24) is 9.59 Å². The maximum absolute atomic E-state index is 12.4. The van der Waals surface area contributed by atoms with Gasteiger partial charge in [-0.25, -0.2) is 4.79 Å². The molecule has 0 aliphatic heterocycles. The van der Waals surface area contributed by atoms with Crippen LogP contribution in [0.25, 0.3) is 0 Å². The van der Waals surface area contributed by atoms with E-state index in [2.05, 4.69) is 14.9 Å². The molecule has 1 aliphatic rings. The zero-order valence-corrected chi connectivity index (χ0v) is 14.9. The predicted molar refractivity (Wildman–Crippen MR) is 89.2 cm³/mol. The Labute approximate surface area is 146 Å². The molecule has 3 rings (SSSR count). The van der Waals surface area contributed by atoms with Gasteiger partial charge in [0.15, 0.2) is 0 Å². The SMILES string of the molecule is Cc1sc(NC(=O)C2CC2)c(C(=O)OCc2nnsc2Cl)c1C. The van der Waals surface area contributed by atoms with Crippen molar-refractivity contribution in [3.05, 3.63) is 26.0 Å². The van der Waals surface area contributed by atoms with Crippen molar-refractivity contribution >= 4 is 51.3 Å². The van der Waals surface area contributed by atoms with Gasteiger partial charge in [0.05, 0.1) is 5.56 Å². The Bertz CT molecular complexity index is 767. The molecule has 2 heterocycles. The summed E-state index contributed by atoms with van der Waals surface area (Å²) in [5, 5.41) is 7.20. The summed E-state index contributed by atoms with van der Waals surface area (Å²) in [5.41, 5.74) is 1.65. The largest absolute Gasteiger partial charge is 0.455 e. The van der Waals surface area contributed by atoms with E-state index in [4.69, 9.17) is 16.3 Å². The lowest BCUT2D eigenvalue weighted by Crippen LogP contribution is -2.16. The zero-order valence-electron chi connectivity index (χ0n) is 12.5. The summed E-state index contributed by atoms with van der Waals surface area (Å²) in [6.45, 7) is 3.70. The van der Waals surface area contributed by atoms with Crippen molar-refractivity contribution in [2.24, 2.45) is 5.92 Å². The third kappa shape index (κ3) is 3.54. The number of rotatable bonds is 5. The fraction of sp³-hybridized carbons (Fsp3) is 0.429. The number of carbonyl (C=O) groups excluding carboxylic acids is 2. The number of hydrogen-bond donors (Lipinski definition) is 1. The second-order valence-corrected chi connectivity index (χ2v) is 7.90. The van der Waals surface area contributed by atoms with Crippen LogP contribution in [0.2, 0.25) is 4.34 Å². The van der Waals surface area contributed by atoms with Gasteiger partial charge in [0.1, 0.15) is 21.6 Å². The summed E-state index contributed by atoms with van der Waals surface area (Å²) in [6, 6.07) is 0. The van der Waals surface area contributed by atoms with Gasteiger partial charge in [-0.15, -0.1) is 16.4 Å². The quantitative estimate of drug-likeness (QED) is 0.812. The number of carbonyl (C=O) groups is 2. The second-order valence-electron chi connectivity index (χ2n) is 5.32. The van der Waals surface area contributed by atoms with Crippen molar-refractivity contribution in [1.29, 1.82) is 0 Å². The van der Waals surface area contributed by atoms with E-state index in [-0.39, 0.29) is 18.4 Å². The number of halogens is 1. The van der Waals surface area contributed by atoms with E-state index in [9.17, 15) is 9.59 Å². The number of nitrogens with zero attached hydrogens (tertiary/aromatic N) is 2. The minimum absolute atomic E-state index is 0.0351. The van der Waals surface area contributed by atoms with E-state index in [1.54, 1.807) is 0 Å². The minimum atomic E-state index is -0.498. The van der Waals surface area contributed by atoms with Crippen molar-refractivity contribution in [2.75, 3.05) is 5.32 Å². The molecule has 1 N–H and O–H groups in total. The van der Waals surface area contributed by atoms with Crippen LogP contribution in [0.1, 0.15) is 39.3 Å². The van der Waals surface area contributed by atoms with E-state index in [0.29, 0.717) is 20.6 Å². The highest BCUT2D eigenvalue weighted by Gasteiger charge is 2.31. The molecule has 0 spiro atoms. The van der Waals surface area contributed by atoms with Gasteiger partial charge in [0, 0.05) is 22.3 Å². The van der Waals surface area contributed by atoms with Crippen LogP contribution in [0.4, 0.5) is 5.00 Å². The first-order chi connectivity index (χ1) is 11.0. The number of esters is 1. The summed E-state index contributed by atoms with van der Waals surface area (Å²) < 4.78 is 9.37. The molecule has 0 radical (unpaired) electrons. The Morgan fingerprint density at radius 2 is 2.13 bits per heavy atom. The molecule has 1 amide bonds. The molecule has 0 saturated heterocycles. The monoisotopic (exact) mass is 371 g/mol. The standard InChI is InChI=1S/C14H14ClN3O3S2/c1-6-7(2)22-13(16-12(19)8-3-4-8)10(6)14(20)21-5-9-11(15)23-18-17-9/h8H,3-5H2,1-2H3,(H,16,19). The average molecular weight is 372 g/mol. The van der Waals surface area contributed by atoms with Gasteiger partial charge in [-0.05, 0) is 32.3 Å². The van der Waals surface area contributed by atoms with E-state index in [0.717, 1.165) is 34.8 Å². The van der Waals surface area contributed by atoms with Crippen molar-refractivity contribution in [3.8, 4) is 0 Å². The maximum atomic E-state index is 12.4. The topological polar surface area (TPSA) is 81.2 Å². The number of anilines is 1. The van der Waals surface area contributed by atoms with E-state index in [1.807, 2.05) is 13.8 Å². The van der Waals surface area contributed by atoms with Crippen LogP contribution in [0.3, 0.4) is 0 Å². The number of ether oxygens (including phenoxy) is 1. The normalized spacial score (nSPS) is 13.9. The van der Waals surface area contributed by atoms with Gasteiger partial charge in [-0.3, -0.25) is 4.79 Å². The Morgan fingerprint density at radius 3 is 2.74 bits per heavy atom. The smallest absolute Gasteiger partial charge is 0.341 e. The molecular weight excluding hydrogens is 358 g/mol. The lowest BCUT2D eigenvalue weighted by molar-refractivity contribution is -0.117. The first-order valence-electron chi connectivity index (χ1n) is 7.02. The third-order valence-corrected chi connectivity index (χ3v) is 5.73. The van der Waals surface area contributed by atoms with Crippen LogP contribution < -0.4 is 5.32 Å². The highest BCUT2D eigenvalue weighted by molar-refractivity contribution is 7.16. The molecule has 1 saturated carbocycles. The molecule has 9 heteroatoms. The van der Waals surface area contributed by atoms with E-state index < -0.39 is 5.97 Å². The molecule has 122 valence electrons. The highest BCUT2D eigenvalue weighted by Crippen LogP contribution is 2.36. The first-order valence-corrected chi connectivity index (χ1v) is 8.99. The van der Waals surface area contributed by atoms with Crippen LogP contribution >= 0.6 is 34.5 Å². The van der Waals surface area contributed by atoms with Crippen LogP contribution in [0.15, 0.2) is 0 Å². The Balaban J connectivity index is 1.75. The molecular formula is C14H14ClN3O3S2. The molecule has 1 fully saturated rings. The van der Waals surface area contributed by atoms with E-state index >= 15 is 0 Å². The Morgan fingerprint density at radius 1 is 1.39 bits per heavy atom. The fourth-order valence-corrected chi connectivity index (χ4v) is 3.66. The van der Waals surface area contributed by atoms with Crippen molar-refractivity contribution < 1.29 is 14.3 Å². The third-order valence-electron chi connectivity index (χ3n) is 3.62. The molecule has 6 nitrogen and oxygen atoms in total. The zero-order chi connectivity index (χ0) is 16.6. The molecule has 0 aromatic carbocycles. The summed E-state index contributed by atoms with van der Waals surface area (Å²) in [4.78, 5) is 25.4. The van der Waals surface area contributed by atoms with Gasteiger partial charge in [-0.1, -0.05) is 16.1 Å². The summed E-state index contributed by atoms with van der Waals surface area (Å²) >= 11 is 8.32. The number of thiophene rings is 1. The lowest BCUT2D eigenvalue weighted by Gasteiger charge is -2.07. The minimum Gasteiger partial charge on any atom is -0.455 e. The highest BCUT2D eigenvalue weighted by atomic mass is 35.5. The van der Waals surface area contributed by atoms with Crippen molar-refractivity contribution in [3.63, 3.8) is 0 Å². The van der Waals surface area contributed by atoms with Gasteiger partial charge in [0.2, 0.25) is 5.91 Å². The van der Waals surface area contributed by atoms with Crippen LogP contribution in [0.5, 0.6) is 0 Å². The number of amides is 1. The molecule has 0 unspecified atom stereocenters. The van der Waals surface area contributed by atoms with Crippen LogP contribution in [-0.4, -0.2) is 21.5 Å². The van der Waals surface area contributed by atoms with Gasteiger partial charge in [0.25, 0.3) is 0 Å². The van der Waals surface area contributed by atoms with Crippen molar-refractivity contribution in [2.45, 2.75) is 33.3 Å². The Kier molecular flexibility index (Phi) is 4.65. The Hall–Kier alpha value is -1.51. The molecule has 0 bridgehead atoms. The summed E-state index contributed by atoms with van der Waals surface area (Å²) in [7, 11) is 0. The molecule has 0 atom stereocenters.